The Morgan fingerprint density at radius 2 is 1.77 bits per heavy atom. The fourth-order valence-corrected chi connectivity index (χ4v) is 3.46. The minimum absolute atomic E-state index is 0.0346. The van der Waals surface area contributed by atoms with Crippen molar-refractivity contribution in [1.29, 1.82) is 0 Å². The summed E-state index contributed by atoms with van der Waals surface area (Å²) in [5, 5.41) is 3.22. The van der Waals surface area contributed by atoms with Crippen molar-refractivity contribution in [2.75, 3.05) is 13.2 Å². The molecule has 1 N–H and O–H groups in total. The lowest BCUT2D eigenvalue weighted by molar-refractivity contribution is -0.202. The Morgan fingerprint density at radius 1 is 1.07 bits per heavy atom. The predicted molar refractivity (Wildman–Crippen MR) is 104 cm³/mol. The van der Waals surface area contributed by atoms with E-state index < -0.39 is 36.3 Å². The molecule has 1 fully saturated rings. The van der Waals surface area contributed by atoms with Gasteiger partial charge in [-0.25, -0.2) is 4.39 Å². The van der Waals surface area contributed by atoms with Crippen LogP contribution < -0.4 is 10.1 Å². The van der Waals surface area contributed by atoms with E-state index >= 15 is 0 Å². The highest BCUT2D eigenvalue weighted by Crippen LogP contribution is 2.42. The van der Waals surface area contributed by atoms with Crippen LogP contribution in [0.15, 0.2) is 42.5 Å². The van der Waals surface area contributed by atoms with Crippen LogP contribution in [0.25, 0.3) is 0 Å². The summed E-state index contributed by atoms with van der Waals surface area (Å²) in [6.07, 6.45) is -6.79. The molecule has 2 aromatic rings. The third kappa shape index (κ3) is 5.30. The van der Waals surface area contributed by atoms with E-state index in [9.17, 15) is 17.6 Å². The molecule has 4 nitrogen and oxygen atoms in total. The number of alkyl halides is 3. The summed E-state index contributed by atoms with van der Waals surface area (Å²) >= 11 is 0. The molecule has 3 atom stereocenters. The molecule has 0 amide bonds. The molecule has 1 heterocycles. The molecule has 30 heavy (non-hydrogen) atoms. The SMILES string of the molecule is CC(C)Oc1cccc([C@@H](C)O[C@H]2OCCN[C@H]2c2ccc(F)cc2)c1C(F)(F)F. The molecular formula is C22H25F4NO3. The number of morpholine rings is 1. The summed E-state index contributed by atoms with van der Waals surface area (Å²) in [5.41, 5.74) is -0.165. The number of hydrogen-bond acceptors (Lipinski definition) is 4. The molecule has 8 heteroatoms. The van der Waals surface area contributed by atoms with Crippen LogP contribution >= 0.6 is 0 Å². The van der Waals surface area contributed by atoms with Gasteiger partial charge in [-0.05, 0) is 50.1 Å². The van der Waals surface area contributed by atoms with Crippen LogP contribution in [0.5, 0.6) is 5.75 Å². The lowest BCUT2D eigenvalue weighted by atomic mass is 10.0. The molecule has 0 radical (unpaired) electrons. The molecule has 3 rings (SSSR count). The molecule has 0 saturated carbocycles. The van der Waals surface area contributed by atoms with E-state index in [0.717, 1.165) is 5.56 Å². The van der Waals surface area contributed by atoms with E-state index in [1.807, 2.05) is 0 Å². The minimum atomic E-state index is -4.61. The van der Waals surface area contributed by atoms with Gasteiger partial charge in [-0.1, -0.05) is 24.3 Å². The van der Waals surface area contributed by atoms with Gasteiger partial charge in [0.25, 0.3) is 0 Å². The number of nitrogens with one attached hydrogen (secondary N) is 1. The normalized spacial score (nSPS) is 20.9. The number of hydrogen-bond donors (Lipinski definition) is 1. The van der Waals surface area contributed by atoms with Crippen molar-refractivity contribution in [3.8, 4) is 5.75 Å². The van der Waals surface area contributed by atoms with Gasteiger partial charge >= 0.3 is 6.18 Å². The molecule has 1 aliphatic heterocycles. The molecule has 1 saturated heterocycles. The summed E-state index contributed by atoms with van der Waals surface area (Å²) in [5.74, 6) is -0.610. The smallest absolute Gasteiger partial charge is 0.420 e. The van der Waals surface area contributed by atoms with Gasteiger partial charge in [0.05, 0.1) is 24.9 Å². The fourth-order valence-electron chi connectivity index (χ4n) is 3.46. The zero-order valence-electron chi connectivity index (χ0n) is 17.0. The summed E-state index contributed by atoms with van der Waals surface area (Å²) < 4.78 is 71.9. The van der Waals surface area contributed by atoms with Crippen molar-refractivity contribution < 1.29 is 31.8 Å². The van der Waals surface area contributed by atoms with E-state index in [1.165, 1.54) is 30.3 Å². The van der Waals surface area contributed by atoms with Crippen molar-refractivity contribution in [1.82, 2.24) is 5.32 Å². The monoisotopic (exact) mass is 427 g/mol. The van der Waals surface area contributed by atoms with Crippen LogP contribution in [-0.2, 0) is 15.7 Å². The Balaban J connectivity index is 1.88. The number of halogens is 4. The Bertz CT molecular complexity index is 839. The summed E-state index contributed by atoms with van der Waals surface area (Å²) in [7, 11) is 0. The first kappa shape index (κ1) is 22.5. The van der Waals surface area contributed by atoms with E-state index in [1.54, 1.807) is 32.9 Å². The van der Waals surface area contributed by atoms with Crippen LogP contribution in [0, 0.1) is 5.82 Å². The maximum Gasteiger partial charge on any atom is 0.420 e. The number of rotatable bonds is 6. The van der Waals surface area contributed by atoms with Crippen LogP contribution in [-0.4, -0.2) is 25.5 Å². The minimum Gasteiger partial charge on any atom is -0.490 e. The predicted octanol–water partition coefficient (Wildman–Crippen LogP) is 5.40. The summed E-state index contributed by atoms with van der Waals surface area (Å²) in [4.78, 5) is 0. The molecular weight excluding hydrogens is 402 g/mol. The Morgan fingerprint density at radius 3 is 2.40 bits per heavy atom. The largest absolute Gasteiger partial charge is 0.490 e. The van der Waals surface area contributed by atoms with Gasteiger partial charge in [-0.2, -0.15) is 13.2 Å². The molecule has 1 aliphatic rings. The van der Waals surface area contributed by atoms with E-state index in [2.05, 4.69) is 5.32 Å². The van der Waals surface area contributed by atoms with Gasteiger partial charge in [-0.3, -0.25) is 0 Å². The Labute approximate surface area is 173 Å². The second kappa shape index (κ2) is 9.32. The van der Waals surface area contributed by atoms with E-state index in [-0.39, 0.29) is 17.1 Å². The number of ether oxygens (including phenoxy) is 3. The summed E-state index contributed by atoms with van der Waals surface area (Å²) in [6.45, 7) is 5.77. The second-order valence-corrected chi connectivity index (χ2v) is 7.39. The first-order valence-corrected chi connectivity index (χ1v) is 9.79. The average Bonchev–Trinajstić information content (AvgIpc) is 2.67. The highest BCUT2D eigenvalue weighted by atomic mass is 19.4. The third-order valence-corrected chi connectivity index (χ3v) is 4.73. The third-order valence-electron chi connectivity index (χ3n) is 4.73. The maximum atomic E-state index is 13.9. The van der Waals surface area contributed by atoms with Crippen LogP contribution in [0.2, 0.25) is 0 Å². The highest BCUT2D eigenvalue weighted by molar-refractivity contribution is 5.43. The molecule has 2 aromatic carbocycles. The van der Waals surface area contributed by atoms with E-state index in [4.69, 9.17) is 14.2 Å². The van der Waals surface area contributed by atoms with Gasteiger partial charge in [-0.15, -0.1) is 0 Å². The maximum absolute atomic E-state index is 13.9. The Kier molecular flexibility index (Phi) is 7.00. The van der Waals surface area contributed by atoms with E-state index in [0.29, 0.717) is 13.2 Å². The molecule has 0 spiro atoms. The molecule has 0 bridgehead atoms. The van der Waals surface area contributed by atoms with Crippen molar-refractivity contribution in [2.45, 2.75) is 51.5 Å². The standard InChI is InChI=1S/C22H25F4NO3/c1-13(2)29-18-6-4-5-17(19(18)22(24,25)26)14(3)30-21-20(27-11-12-28-21)15-7-9-16(23)10-8-15/h4-10,13-14,20-21,27H,11-12H2,1-3H3/t14-,20+,21-/m1/s1. The molecule has 0 aromatic heterocycles. The van der Waals surface area contributed by atoms with Crippen molar-refractivity contribution in [3.63, 3.8) is 0 Å². The van der Waals surface area contributed by atoms with Crippen molar-refractivity contribution >= 4 is 0 Å². The van der Waals surface area contributed by atoms with Gasteiger partial charge < -0.3 is 19.5 Å². The lowest BCUT2D eigenvalue weighted by Gasteiger charge is -2.35. The highest BCUT2D eigenvalue weighted by Gasteiger charge is 2.40. The zero-order valence-corrected chi connectivity index (χ0v) is 17.0. The molecule has 0 aliphatic carbocycles. The quantitative estimate of drug-likeness (QED) is 0.627. The second-order valence-electron chi connectivity index (χ2n) is 7.39. The lowest BCUT2D eigenvalue weighted by Crippen LogP contribution is -2.43. The van der Waals surface area contributed by atoms with Crippen molar-refractivity contribution in [2.24, 2.45) is 0 Å². The topological polar surface area (TPSA) is 39.7 Å². The first-order chi connectivity index (χ1) is 14.2. The van der Waals surface area contributed by atoms with Gasteiger partial charge in [0.15, 0.2) is 6.29 Å². The zero-order chi connectivity index (χ0) is 21.9. The van der Waals surface area contributed by atoms with Gasteiger partial charge in [0.1, 0.15) is 17.1 Å². The molecule has 0 unspecified atom stereocenters. The van der Waals surface area contributed by atoms with Crippen LogP contribution in [0.1, 0.15) is 49.6 Å². The van der Waals surface area contributed by atoms with Crippen molar-refractivity contribution in [3.05, 3.63) is 65.0 Å². The van der Waals surface area contributed by atoms with Gasteiger partial charge in [0.2, 0.25) is 0 Å². The van der Waals surface area contributed by atoms with Crippen LogP contribution in [0.4, 0.5) is 17.6 Å². The Hall–Kier alpha value is -2.16. The van der Waals surface area contributed by atoms with Gasteiger partial charge in [0, 0.05) is 6.54 Å². The number of benzene rings is 2. The average molecular weight is 427 g/mol. The fraction of sp³-hybridized carbons (Fsp3) is 0.455. The summed E-state index contributed by atoms with van der Waals surface area (Å²) in [6, 6.07) is 9.59. The molecule has 164 valence electrons. The first-order valence-electron chi connectivity index (χ1n) is 9.79. The van der Waals surface area contributed by atoms with Crippen LogP contribution in [0.3, 0.4) is 0 Å².